The minimum atomic E-state index is -2.11. The molecular formula is C31H48O7Si. The second kappa shape index (κ2) is 13.6. The Kier molecular flexibility index (Phi) is 11.0. The SMILES string of the molecule is COc1ccc(COC[C@@H]2O[C@](C)(CO)[C@@H](O[Si](C)(C)C(C)(C)C)CC[C@H]2OCc2ccc(OC)cc2)cc1. The summed E-state index contributed by atoms with van der Waals surface area (Å²) in [5, 5.41) is 10.6. The summed E-state index contributed by atoms with van der Waals surface area (Å²) >= 11 is 0. The minimum absolute atomic E-state index is 0.0425. The quantitative estimate of drug-likeness (QED) is 0.313. The zero-order valence-corrected chi connectivity index (χ0v) is 26.0. The number of hydrogen-bond donors (Lipinski definition) is 1. The van der Waals surface area contributed by atoms with Crippen LogP contribution in [0.3, 0.4) is 0 Å². The Hall–Kier alpha value is -1.94. The first kappa shape index (κ1) is 31.6. The van der Waals surface area contributed by atoms with Crippen molar-refractivity contribution < 1.29 is 33.2 Å². The third-order valence-corrected chi connectivity index (χ3v) is 12.6. The van der Waals surface area contributed by atoms with Gasteiger partial charge in [0.15, 0.2) is 8.32 Å². The van der Waals surface area contributed by atoms with Gasteiger partial charge in [0, 0.05) is 0 Å². The van der Waals surface area contributed by atoms with Gasteiger partial charge in [-0.15, -0.1) is 0 Å². The lowest BCUT2D eigenvalue weighted by atomic mass is 9.96. The summed E-state index contributed by atoms with van der Waals surface area (Å²) in [6.45, 7) is 14.2. The van der Waals surface area contributed by atoms with Crippen LogP contribution in [0.15, 0.2) is 48.5 Å². The van der Waals surface area contributed by atoms with Gasteiger partial charge in [0.1, 0.15) is 23.2 Å². The average molecular weight is 561 g/mol. The third kappa shape index (κ3) is 8.52. The molecule has 2 aromatic carbocycles. The summed E-state index contributed by atoms with van der Waals surface area (Å²) in [5.41, 5.74) is 1.23. The van der Waals surface area contributed by atoms with Crippen LogP contribution in [0.5, 0.6) is 11.5 Å². The molecule has 3 rings (SSSR count). The number of aliphatic hydroxyl groups excluding tert-OH is 1. The Bertz CT molecular complexity index is 1000. The molecule has 1 saturated heterocycles. The van der Waals surface area contributed by atoms with E-state index in [9.17, 15) is 5.11 Å². The Morgan fingerprint density at radius 1 is 0.897 bits per heavy atom. The fraction of sp³-hybridized carbons (Fsp3) is 0.613. The van der Waals surface area contributed by atoms with Gasteiger partial charge in [-0.05, 0) is 73.3 Å². The zero-order valence-electron chi connectivity index (χ0n) is 25.0. The Morgan fingerprint density at radius 2 is 1.44 bits per heavy atom. The van der Waals surface area contributed by atoms with Gasteiger partial charge in [-0.3, -0.25) is 0 Å². The van der Waals surface area contributed by atoms with Crippen molar-refractivity contribution in [3.8, 4) is 11.5 Å². The molecule has 218 valence electrons. The summed E-state index contributed by atoms with van der Waals surface area (Å²) in [4.78, 5) is 0. The molecule has 0 unspecified atom stereocenters. The third-order valence-electron chi connectivity index (χ3n) is 8.12. The monoisotopic (exact) mass is 560 g/mol. The van der Waals surface area contributed by atoms with E-state index in [-0.39, 0.29) is 30.0 Å². The highest BCUT2D eigenvalue weighted by Gasteiger charge is 2.48. The van der Waals surface area contributed by atoms with Crippen molar-refractivity contribution in [2.75, 3.05) is 27.4 Å². The number of ether oxygens (including phenoxy) is 5. The molecule has 0 saturated carbocycles. The maximum atomic E-state index is 10.6. The van der Waals surface area contributed by atoms with Crippen LogP contribution in [0.1, 0.15) is 51.7 Å². The molecule has 7 nitrogen and oxygen atoms in total. The number of hydrogen-bond acceptors (Lipinski definition) is 7. The van der Waals surface area contributed by atoms with Crippen LogP contribution < -0.4 is 9.47 Å². The van der Waals surface area contributed by atoms with E-state index in [0.717, 1.165) is 35.5 Å². The topological polar surface area (TPSA) is 75.6 Å². The van der Waals surface area contributed by atoms with Crippen molar-refractivity contribution in [3.05, 3.63) is 59.7 Å². The number of benzene rings is 2. The Labute approximate surface area is 235 Å². The highest BCUT2D eigenvalue weighted by Crippen LogP contribution is 2.41. The van der Waals surface area contributed by atoms with Gasteiger partial charge in [-0.1, -0.05) is 45.0 Å². The molecular weight excluding hydrogens is 512 g/mol. The second-order valence-electron chi connectivity index (χ2n) is 12.1. The van der Waals surface area contributed by atoms with Gasteiger partial charge < -0.3 is 33.2 Å². The van der Waals surface area contributed by atoms with Gasteiger partial charge in [0.05, 0.1) is 52.9 Å². The standard InChI is InChI=1S/C31H48O7Si/c1-30(2,3)39(7,8)38-29-18-17-27(36-20-24-11-15-26(34-6)16-12-24)28(37-31(29,4)22-32)21-35-19-23-9-13-25(33-5)14-10-23/h9-16,27-29,32H,17-22H2,1-8H3/t27-,28+,29+,31-/m1/s1. The molecule has 1 heterocycles. The highest BCUT2D eigenvalue weighted by atomic mass is 28.4. The Morgan fingerprint density at radius 3 is 1.92 bits per heavy atom. The summed E-state index contributed by atoms with van der Waals surface area (Å²) < 4.78 is 36.7. The van der Waals surface area contributed by atoms with Crippen LogP contribution in [0.2, 0.25) is 18.1 Å². The molecule has 1 N–H and O–H groups in total. The predicted molar refractivity (Wildman–Crippen MR) is 156 cm³/mol. The molecule has 0 aromatic heterocycles. The Balaban J connectivity index is 1.77. The van der Waals surface area contributed by atoms with Gasteiger partial charge in [0.2, 0.25) is 0 Å². The molecule has 0 bridgehead atoms. The first-order chi connectivity index (χ1) is 18.4. The van der Waals surface area contributed by atoms with E-state index in [1.54, 1.807) is 14.2 Å². The van der Waals surface area contributed by atoms with E-state index < -0.39 is 13.9 Å². The van der Waals surface area contributed by atoms with Crippen LogP contribution >= 0.6 is 0 Å². The van der Waals surface area contributed by atoms with E-state index in [4.69, 9.17) is 28.1 Å². The van der Waals surface area contributed by atoms with Gasteiger partial charge in [-0.2, -0.15) is 0 Å². The van der Waals surface area contributed by atoms with Crippen molar-refractivity contribution in [1.29, 1.82) is 0 Å². The molecule has 1 fully saturated rings. The van der Waals surface area contributed by atoms with Gasteiger partial charge in [-0.25, -0.2) is 0 Å². The van der Waals surface area contributed by atoms with E-state index in [1.807, 2.05) is 55.5 Å². The van der Waals surface area contributed by atoms with Crippen molar-refractivity contribution in [2.24, 2.45) is 0 Å². The molecule has 0 spiro atoms. The molecule has 0 amide bonds. The van der Waals surface area contributed by atoms with E-state index in [1.165, 1.54) is 0 Å². The normalized spacial score (nSPS) is 24.3. The molecule has 1 aliphatic heterocycles. The summed E-state index contributed by atoms with van der Waals surface area (Å²) in [5.74, 6) is 1.62. The molecule has 1 aliphatic rings. The molecule has 4 atom stereocenters. The number of aliphatic hydroxyl groups is 1. The van der Waals surface area contributed by atoms with Crippen molar-refractivity contribution in [3.63, 3.8) is 0 Å². The molecule has 0 aliphatic carbocycles. The number of methoxy groups -OCH3 is 2. The minimum Gasteiger partial charge on any atom is -0.497 e. The summed E-state index contributed by atoms with van der Waals surface area (Å²) in [6.07, 6.45) is 0.628. The van der Waals surface area contributed by atoms with E-state index >= 15 is 0 Å². The maximum absolute atomic E-state index is 10.6. The lowest BCUT2D eigenvalue weighted by Gasteiger charge is -2.44. The predicted octanol–water partition coefficient (Wildman–Crippen LogP) is 6.13. The smallest absolute Gasteiger partial charge is 0.192 e. The zero-order chi connectivity index (χ0) is 28.7. The maximum Gasteiger partial charge on any atom is 0.192 e. The lowest BCUT2D eigenvalue weighted by Crippen LogP contribution is -2.54. The first-order valence-corrected chi connectivity index (χ1v) is 16.7. The van der Waals surface area contributed by atoms with Gasteiger partial charge >= 0.3 is 0 Å². The van der Waals surface area contributed by atoms with Crippen LogP contribution in [0, 0.1) is 0 Å². The number of rotatable bonds is 12. The van der Waals surface area contributed by atoms with E-state index in [2.05, 4.69) is 33.9 Å². The van der Waals surface area contributed by atoms with Crippen LogP contribution in [0.4, 0.5) is 0 Å². The molecule has 2 aromatic rings. The first-order valence-electron chi connectivity index (χ1n) is 13.8. The fourth-order valence-corrected chi connectivity index (χ4v) is 5.86. The van der Waals surface area contributed by atoms with E-state index in [0.29, 0.717) is 19.8 Å². The van der Waals surface area contributed by atoms with Gasteiger partial charge in [0.25, 0.3) is 0 Å². The van der Waals surface area contributed by atoms with Crippen LogP contribution in [-0.2, 0) is 31.9 Å². The molecule has 8 heteroatoms. The van der Waals surface area contributed by atoms with Crippen LogP contribution in [0.25, 0.3) is 0 Å². The molecule has 0 radical (unpaired) electrons. The second-order valence-corrected chi connectivity index (χ2v) is 16.9. The molecule has 39 heavy (non-hydrogen) atoms. The van der Waals surface area contributed by atoms with Crippen LogP contribution in [-0.4, -0.2) is 64.8 Å². The average Bonchev–Trinajstić information content (AvgIpc) is 3.04. The van der Waals surface area contributed by atoms with Crippen molar-refractivity contribution in [1.82, 2.24) is 0 Å². The highest BCUT2D eigenvalue weighted by molar-refractivity contribution is 6.74. The largest absolute Gasteiger partial charge is 0.497 e. The fourth-order valence-electron chi connectivity index (χ4n) is 4.43. The van der Waals surface area contributed by atoms with Crippen molar-refractivity contribution >= 4 is 8.32 Å². The van der Waals surface area contributed by atoms with Crippen molar-refractivity contribution in [2.45, 2.75) is 95.8 Å². The summed E-state index contributed by atoms with van der Waals surface area (Å²) in [6, 6.07) is 15.7. The summed E-state index contributed by atoms with van der Waals surface area (Å²) in [7, 11) is 1.21. The lowest BCUT2D eigenvalue weighted by molar-refractivity contribution is -0.192.